The second kappa shape index (κ2) is 10.8. The number of rotatable bonds is 9. The van der Waals surface area contributed by atoms with Crippen LogP contribution in [0.5, 0.6) is 0 Å². The molecule has 0 radical (unpaired) electrons. The first-order valence-electron chi connectivity index (χ1n) is 6.00. The van der Waals surface area contributed by atoms with Gasteiger partial charge in [-0.05, 0) is 19.8 Å². The maximum absolute atomic E-state index is 10.9. The van der Waals surface area contributed by atoms with Gasteiger partial charge in [-0.2, -0.15) is 0 Å². The fraction of sp³-hybridized carbons (Fsp3) is 1.00. The van der Waals surface area contributed by atoms with E-state index in [1.807, 2.05) is 0 Å². The van der Waals surface area contributed by atoms with Crippen molar-refractivity contribution in [3.05, 3.63) is 0 Å². The molecule has 0 aromatic heterocycles. The van der Waals surface area contributed by atoms with Gasteiger partial charge >= 0.3 is 29.6 Å². The van der Waals surface area contributed by atoms with E-state index in [1.165, 1.54) is 6.92 Å². The molecule has 0 heterocycles. The van der Waals surface area contributed by atoms with E-state index in [-0.39, 0.29) is 36.0 Å². The van der Waals surface area contributed by atoms with Crippen LogP contribution < -0.4 is 29.6 Å². The molecule has 17 heavy (non-hydrogen) atoms. The monoisotopic (exact) mass is 274 g/mol. The van der Waals surface area contributed by atoms with Gasteiger partial charge in [0.2, 0.25) is 0 Å². The van der Waals surface area contributed by atoms with Crippen LogP contribution in [0.2, 0.25) is 0 Å². The van der Waals surface area contributed by atoms with Crippen LogP contribution in [0.25, 0.3) is 0 Å². The zero-order valence-corrected chi connectivity index (χ0v) is 14.0. The zero-order valence-electron chi connectivity index (χ0n) is 11.2. The van der Waals surface area contributed by atoms with Crippen LogP contribution in [-0.4, -0.2) is 29.4 Å². The third-order valence-corrected chi connectivity index (χ3v) is 3.89. The van der Waals surface area contributed by atoms with Crippen LogP contribution in [-0.2, 0) is 10.1 Å². The molecule has 0 aliphatic rings. The van der Waals surface area contributed by atoms with Crippen LogP contribution >= 0.6 is 0 Å². The predicted molar refractivity (Wildman–Crippen MR) is 63.2 cm³/mol. The van der Waals surface area contributed by atoms with Crippen molar-refractivity contribution in [2.24, 2.45) is 0 Å². The van der Waals surface area contributed by atoms with E-state index in [0.717, 1.165) is 32.1 Å². The average Bonchev–Trinajstić information content (AvgIpc) is 2.13. The Morgan fingerprint density at radius 2 is 1.71 bits per heavy atom. The van der Waals surface area contributed by atoms with Gasteiger partial charge in [-0.15, -0.1) is 0 Å². The van der Waals surface area contributed by atoms with Crippen molar-refractivity contribution in [2.75, 3.05) is 0 Å². The molecule has 0 aromatic rings. The maximum atomic E-state index is 10.9. The molecule has 0 fully saturated rings. The van der Waals surface area contributed by atoms with Gasteiger partial charge in [0.15, 0.2) is 0 Å². The summed E-state index contributed by atoms with van der Waals surface area (Å²) in [5.74, 6) is 0. The molecule has 0 aliphatic carbocycles. The molecule has 0 spiro atoms. The molecule has 4 nitrogen and oxygen atoms in total. The molecule has 0 saturated carbocycles. The summed E-state index contributed by atoms with van der Waals surface area (Å²) in [4.78, 5) is 0. The van der Waals surface area contributed by atoms with Gasteiger partial charge in [-0.25, -0.2) is 8.42 Å². The van der Waals surface area contributed by atoms with Crippen LogP contribution in [0.3, 0.4) is 0 Å². The zero-order chi connectivity index (χ0) is 12.6. The van der Waals surface area contributed by atoms with Crippen LogP contribution in [0, 0.1) is 0 Å². The number of hydrogen-bond donors (Lipinski definition) is 1. The second-order valence-corrected chi connectivity index (χ2v) is 6.05. The Labute approximate surface area is 127 Å². The molecule has 2 unspecified atom stereocenters. The first-order valence-corrected chi connectivity index (χ1v) is 7.47. The van der Waals surface area contributed by atoms with E-state index < -0.39 is 21.5 Å². The van der Waals surface area contributed by atoms with Crippen LogP contribution in [0.1, 0.15) is 58.8 Å². The SMILES string of the molecule is CCCCCCCC(CC(C)O)S(=O)(=O)[O-].[Na+]. The molecule has 98 valence electrons. The topological polar surface area (TPSA) is 77.4 Å². The summed E-state index contributed by atoms with van der Waals surface area (Å²) in [6, 6.07) is 0. The summed E-state index contributed by atoms with van der Waals surface area (Å²) in [5, 5.41) is 8.20. The summed E-state index contributed by atoms with van der Waals surface area (Å²) in [6.45, 7) is 3.62. The van der Waals surface area contributed by atoms with E-state index >= 15 is 0 Å². The van der Waals surface area contributed by atoms with Crippen molar-refractivity contribution in [3.63, 3.8) is 0 Å². The molecule has 0 aromatic carbocycles. The van der Waals surface area contributed by atoms with Gasteiger partial charge in [0, 0.05) is 0 Å². The van der Waals surface area contributed by atoms with Crippen LogP contribution in [0.15, 0.2) is 0 Å². The van der Waals surface area contributed by atoms with E-state index in [0.29, 0.717) is 6.42 Å². The van der Waals surface area contributed by atoms with E-state index in [4.69, 9.17) is 5.11 Å². The molecular weight excluding hydrogens is 251 g/mol. The molecule has 0 bridgehead atoms. The molecule has 0 amide bonds. The summed E-state index contributed by atoms with van der Waals surface area (Å²) in [7, 11) is -4.26. The largest absolute Gasteiger partial charge is 1.00 e. The number of unbranched alkanes of at least 4 members (excludes halogenated alkanes) is 4. The Hall–Kier alpha value is 0.870. The van der Waals surface area contributed by atoms with Gasteiger partial charge in [-0.3, -0.25) is 0 Å². The Morgan fingerprint density at radius 1 is 1.18 bits per heavy atom. The molecule has 6 heteroatoms. The first kappa shape index (κ1) is 20.2. The minimum atomic E-state index is -4.26. The standard InChI is InChI=1S/C11H24O4S.Na/c1-3-4-5-6-7-8-11(9-10(2)12)16(13,14)15;/h10-12H,3-9H2,1-2H3,(H,13,14,15);/q;+1/p-1. The van der Waals surface area contributed by atoms with Gasteiger partial charge in [0.25, 0.3) is 0 Å². The average molecular weight is 274 g/mol. The molecule has 2 atom stereocenters. The van der Waals surface area contributed by atoms with Crippen molar-refractivity contribution < 1.29 is 47.6 Å². The van der Waals surface area contributed by atoms with E-state index in [1.54, 1.807) is 0 Å². The quantitative estimate of drug-likeness (QED) is 0.333. The number of aliphatic hydroxyl groups excluding tert-OH is 1. The Bertz CT molecular complexity index is 265. The fourth-order valence-electron chi connectivity index (χ4n) is 1.74. The molecular formula is C11H23NaO4S. The van der Waals surface area contributed by atoms with Crippen molar-refractivity contribution in [3.8, 4) is 0 Å². The van der Waals surface area contributed by atoms with Crippen molar-refractivity contribution >= 4 is 10.1 Å². The molecule has 0 rings (SSSR count). The van der Waals surface area contributed by atoms with E-state index in [2.05, 4.69) is 6.92 Å². The number of hydrogen-bond acceptors (Lipinski definition) is 4. The molecule has 0 saturated heterocycles. The maximum Gasteiger partial charge on any atom is 1.00 e. The van der Waals surface area contributed by atoms with Crippen molar-refractivity contribution in [1.82, 2.24) is 0 Å². The fourth-order valence-corrected chi connectivity index (χ4v) is 2.71. The predicted octanol–water partition coefficient (Wildman–Crippen LogP) is -0.964. The summed E-state index contributed by atoms with van der Waals surface area (Å²) < 4.78 is 32.8. The summed E-state index contributed by atoms with van der Waals surface area (Å²) in [5.41, 5.74) is 0. The number of aliphatic hydroxyl groups is 1. The summed E-state index contributed by atoms with van der Waals surface area (Å²) in [6.07, 6.45) is 4.77. The van der Waals surface area contributed by atoms with Gasteiger partial charge in [0.1, 0.15) is 0 Å². The van der Waals surface area contributed by atoms with Gasteiger partial charge < -0.3 is 9.66 Å². The first-order chi connectivity index (χ1) is 7.38. The van der Waals surface area contributed by atoms with Crippen LogP contribution in [0.4, 0.5) is 0 Å². The van der Waals surface area contributed by atoms with Gasteiger partial charge in [-0.1, -0.05) is 39.0 Å². The second-order valence-electron chi connectivity index (χ2n) is 4.40. The molecule has 1 N–H and O–H groups in total. The Kier molecular flexibility index (Phi) is 12.8. The van der Waals surface area contributed by atoms with Crippen molar-refractivity contribution in [2.45, 2.75) is 70.1 Å². The minimum Gasteiger partial charge on any atom is -0.748 e. The third kappa shape index (κ3) is 11.7. The van der Waals surface area contributed by atoms with Gasteiger partial charge in [0.05, 0.1) is 21.5 Å². The smallest absolute Gasteiger partial charge is 0.748 e. The Balaban J connectivity index is 0. The molecule has 0 aliphatic heterocycles. The minimum absolute atomic E-state index is 0. The van der Waals surface area contributed by atoms with E-state index in [9.17, 15) is 13.0 Å². The summed E-state index contributed by atoms with van der Waals surface area (Å²) >= 11 is 0. The Morgan fingerprint density at radius 3 is 2.12 bits per heavy atom. The third-order valence-electron chi connectivity index (χ3n) is 2.64. The van der Waals surface area contributed by atoms with Crippen molar-refractivity contribution in [1.29, 1.82) is 0 Å². The normalized spacial score (nSPS) is 15.1.